The maximum atomic E-state index is 11.6. The molecule has 0 unspecified atom stereocenters. The minimum absolute atomic E-state index is 0.220. The van der Waals surface area contributed by atoms with Gasteiger partial charge in [-0.25, -0.2) is 9.78 Å². The average molecular weight is 246 g/mol. The van der Waals surface area contributed by atoms with Gasteiger partial charge in [0, 0.05) is 10.3 Å². The Bertz CT molecular complexity index is 640. The normalized spacial score (nSPS) is 13.8. The van der Waals surface area contributed by atoms with Crippen molar-refractivity contribution in [2.75, 3.05) is 12.0 Å². The van der Waals surface area contributed by atoms with Crippen molar-refractivity contribution in [2.45, 2.75) is 11.5 Å². The Balaban J connectivity index is 2.45. The molecule has 1 aromatic heterocycles. The lowest BCUT2D eigenvalue weighted by atomic mass is 10.1. The van der Waals surface area contributed by atoms with Gasteiger partial charge in [-0.1, -0.05) is 6.07 Å². The number of carbonyl (C=O) groups is 1. The van der Waals surface area contributed by atoms with E-state index in [2.05, 4.69) is 4.98 Å². The van der Waals surface area contributed by atoms with Crippen LogP contribution in [-0.4, -0.2) is 17.2 Å². The molecule has 0 spiro atoms. The number of rotatable bonds is 1. The van der Waals surface area contributed by atoms with Gasteiger partial charge in [0.2, 0.25) is 0 Å². The van der Waals surface area contributed by atoms with E-state index in [1.165, 1.54) is 0 Å². The van der Waals surface area contributed by atoms with E-state index in [0.29, 0.717) is 16.9 Å². The van der Waals surface area contributed by atoms with Gasteiger partial charge in [0.1, 0.15) is 12.2 Å². The molecule has 2 N–H and O–H groups in total. The summed E-state index contributed by atoms with van der Waals surface area (Å²) in [7, 11) is 0. The van der Waals surface area contributed by atoms with Crippen molar-refractivity contribution in [3.8, 4) is 0 Å². The Hall–Kier alpha value is -1.75. The van der Waals surface area contributed by atoms with Crippen LogP contribution in [0.3, 0.4) is 0 Å². The van der Waals surface area contributed by atoms with Crippen LogP contribution in [0, 0.1) is 0 Å². The summed E-state index contributed by atoms with van der Waals surface area (Å²) in [4.78, 5) is 17.0. The monoisotopic (exact) mass is 246 g/mol. The van der Waals surface area contributed by atoms with E-state index in [1.54, 1.807) is 11.8 Å². The third-order valence-corrected chi connectivity index (χ3v) is 3.63. The van der Waals surface area contributed by atoms with E-state index in [-0.39, 0.29) is 12.6 Å². The Labute approximate surface area is 102 Å². The van der Waals surface area contributed by atoms with E-state index >= 15 is 0 Å². The summed E-state index contributed by atoms with van der Waals surface area (Å²) < 4.78 is 4.96. The zero-order chi connectivity index (χ0) is 12.0. The number of anilines is 1. The van der Waals surface area contributed by atoms with E-state index < -0.39 is 0 Å². The number of aromatic nitrogens is 1. The smallest absolute Gasteiger partial charge is 0.342 e. The first-order chi connectivity index (χ1) is 8.22. The van der Waals surface area contributed by atoms with Gasteiger partial charge in [0.25, 0.3) is 0 Å². The van der Waals surface area contributed by atoms with Crippen molar-refractivity contribution in [3.05, 3.63) is 29.5 Å². The number of pyridine rings is 1. The third kappa shape index (κ3) is 1.39. The maximum Gasteiger partial charge on any atom is 0.342 e. The van der Waals surface area contributed by atoms with E-state index in [0.717, 1.165) is 15.8 Å². The molecule has 0 fully saturated rings. The number of ether oxygens (including phenoxy) is 1. The molecular formula is C12H10N2O2S. The summed E-state index contributed by atoms with van der Waals surface area (Å²) >= 11 is 1.59. The maximum absolute atomic E-state index is 11.6. The lowest BCUT2D eigenvalue weighted by Crippen LogP contribution is -2.03. The van der Waals surface area contributed by atoms with Crippen LogP contribution in [0.15, 0.2) is 23.1 Å². The SMILES string of the molecule is CSc1cccc2nc3c(c(N)c12)C(=O)OC3. The summed E-state index contributed by atoms with van der Waals surface area (Å²) in [5.74, 6) is -0.372. The van der Waals surface area contributed by atoms with E-state index in [1.807, 2.05) is 24.5 Å². The van der Waals surface area contributed by atoms with E-state index in [9.17, 15) is 4.79 Å². The number of thioether (sulfide) groups is 1. The number of nitrogens with two attached hydrogens (primary N) is 1. The molecule has 86 valence electrons. The average Bonchev–Trinajstić information content (AvgIpc) is 2.70. The van der Waals surface area contributed by atoms with Gasteiger partial charge in [0.15, 0.2) is 0 Å². The molecule has 2 aromatic rings. The van der Waals surface area contributed by atoms with E-state index in [4.69, 9.17) is 10.5 Å². The van der Waals surface area contributed by atoms with Crippen molar-refractivity contribution < 1.29 is 9.53 Å². The first-order valence-corrected chi connectivity index (χ1v) is 6.37. The molecule has 0 bridgehead atoms. The minimum atomic E-state index is -0.372. The molecule has 2 heterocycles. The summed E-state index contributed by atoms with van der Waals surface area (Å²) in [6.45, 7) is 0.220. The molecule has 0 amide bonds. The summed E-state index contributed by atoms with van der Waals surface area (Å²) in [6.07, 6.45) is 1.97. The van der Waals surface area contributed by atoms with Gasteiger partial charge in [-0.15, -0.1) is 11.8 Å². The number of hydrogen-bond donors (Lipinski definition) is 1. The first kappa shape index (κ1) is 10.4. The second kappa shape index (κ2) is 3.63. The number of esters is 1. The Morgan fingerprint density at radius 1 is 1.47 bits per heavy atom. The van der Waals surface area contributed by atoms with Crippen LogP contribution in [0.1, 0.15) is 16.1 Å². The zero-order valence-electron chi connectivity index (χ0n) is 9.19. The second-order valence-corrected chi connectivity index (χ2v) is 4.63. The number of nitrogen functional groups attached to an aromatic ring is 1. The van der Waals surface area contributed by atoms with Gasteiger partial charge in [-0.3, -0.25) is 0 Å². The molecule has 0 aliphatic carbocycles. The van der Waals surface area contributed by atoms with Gasteiger partial charge in [0.05, 0.1) is 16.9 Å². The second-order valence-electron chi connectivity index (χ2n) is 3.78. The highest BCUT2D eigenvalue weighted by atomic mass is 32.2. The highest BCUT2D eigenvalue weighted by molar-refractivity contribution is 7.98. The Morgan fingerprint density at radius 3 is 3.06 bits per heavy atom. The summed E-state index contributed by atoms with van der Waals surface area (Å²) in [6, 6.07) is 5.80. The van der Waals surface area contributed by atoms with Gasteiger partial charge in [-0.2, -0.15) is 0 Å². The van der Waals surface area contributed by atoms with Crippen molar-refractivity contribution >= 4 is 34.3 Å². The van der Waals surface area contributed by atoms with Crippen molar-refractivity contribution in [1.29, 1.82) is 0 Å². The predicted octanol–water partition coefficient (Wildman–Crippen LogP) is 2.21. The fraction of sp³-hybridized carbons (Fsp3) is 0.167. The van der Waals surface area contributed by atoms with Crippen LogP contribution < -0.4 is 5.73 Å². The van der Waals surface area contributed by atoms with Gasteiger partial charge >= 0.3 is 5.97 Å². The molecule has 1 aliphatic heterocycles. The van der Waals surface area contributed by atoms with Crippen LogP contribution >= 0.6 is 11.8 Å². The zero-order valence-corrected chi connectivity index (χ0v) is 10.0. The summed E-state index contributed by atoms with van der Waals surface area (Å²) in [5.41, 5.74) is 8.45. The predicted molar refractivity (Wildman–Crippen MR) is 67.1 cm³/mol. The molecule has 1 aliphatic rings. The lowest BCUT2D eigenvalue weighted by molar-refractivity contribution is 0.0534. The van der Waals surface area contributed by atoms with Crippen molar-refractivity contribution in [3.63, 3.8) is 0 Å². The number of nitrogens with zero attached hydrogens (tertiary/aromatic N) is 1. The number of cyclic esters (lactones) is 1. The highest BCUT2D eigenvalue weighted by Crippen LogP contribution is 2.35. The largest absolute Gasteiger partial charge is 0.455 e. The first-order valence-electron chi connectivity index (χ1n) is 5.14. The topological polar surface area (TPSA) is 65.2 Å². The fourth-order valence-corrected chi connectivity index (χ4v) is 2.71. The third-order valence-electron chi connectivity index (χ3n) is 2.85. The van der Waals surface area contributed by atoms with Crippen LogP contribution in [-0.2, 0) is 11.3 Å². The standard InChI is InChI=1S/C12H10N2O2S/c1-17-8-4-2-3-6-9(8)11(13)10-7(14-6)5-16-12(10)15/h2-4H,5H2,1H3,(H2,13,14). The van der Waals surface area contributed by atoms with Crippen LogP contribution in [0.25, 0.3) is 10.9 Å². The molecule has 4 nitrogen and oxygen atoms in total. The van der Waals surface area contributed by atoms with Crippen LogP contribution in [0.5, 0.6) is 0 Å². The molecule has 5 heteroatoms. The molecule has 0 radical (unpaired) electrons. The molecule has 0 saturated carbocycles. The van der Waals surface area contributed by atoms with Gasteiger partial charge < -0.3 is 10.5 Å². The molecule has 3 rings (SSSR count). The molecule has 17 heavy (non-hydrogen) atoms. The quantitative estimate of drug-likeness (QED) is 0.617. The highest BCUT2D eigenvalue weighted by Gasteiger charge is 2.27. The van der Waals surface area contributed by atoms with Crippen molar-refractivity contribution in [1.82, 2.24) is 4.98 Å². The lowest BCUT2D eigenvalue weighted by Gasteiger charge is -2.08. The number of fused-ring (bicyclic) bond motifs is 2. The fourth-order valence-electron chi connectivity index (χ4n) is 2.07. The minimum Gasteiger partial charge on any atom is -0.455 e. The molecule has 0 atom stereocenters. The molecule has 1 aromatic carbocycles. The Kier molecular flexibility index (Phi) is 2.22. The molecule has 0 saturated heterocycles. The number of benzene rings is 1. The van der Waals surface area contributed by atoms with Crippen LogP contribution in [0.2, 0.25) is 0 Å². The summed E-state index contributed by atoms with van der Waals surface area (Å²) in [5, 5.41) is 0.845. The number of carbonyl (C=O) groups excluding carboxylic acids is 1. The van der Waals surface area contributed by atoms with Gasteiger partial charge in [-0.05, 0) is 18.4 Å². The van der Waals surface area contributed by atoms with Crippen molar-refractivity contribution in [2.24, 2.45) is 0 Å². The van der Waals surface area contributed by atoms with Crippen LogP contribution in [0.4, 0.5) is 5.69 Å². The molecular weight excluding hydrogens is 236 g/mol. The Morgan fingerprint density at radius 2 is 2.29 bits per heavy atom. The number of hydrogen-bond acceptors (Lipinski definition) is 5.